The van der Waals surface area contributed by atoms with E-state index in [-0.39, 0.29) is 5.57 Å². The van der Waals surface area contributed by atoms with Gasteiger partial charge in [0.25, 0.3) is 0 Å². The molecule has 0 fully saturated rings. The van der Waals surface area contributed by atoms with E-state index in [0.29, 0.717) is 13.2 Å². The highest BCUT2D eigenvalue weighted by Gasteiger charge is 2.11. The maximum Gasteiger partial charge on any atom is 0.346 e. The highest BCUT2D eigenvalue weighted by Crippen LogP contribution is 2.18. The van der Waals surface area contributed by atoms with E-state index in [0.717, 1.165) is 17.0 Å². The number of aryl methyl sites for hydroxylation is 1. The zero-order valence-electron chi connectivity index (χ0n) is 10.7. The summed E-state index contributed by atoms with van der Waals surface area (Å²) >= 11 is 0. The van der Waals surface area contributed by atoms with E-state index in [1.807, 2.05) is 24.5 Å². The van der Waals surface area contributed by atoms with Gasteiger partial charge in [-0.15, -0.1) is 0 Å². The standard InChI is InChI=1S/C13H16N2O3/c1-9-6-11(7-12(8-14)13(16)17)10(2)15(9)4-5-18-3/h6-7H,4-5H2,1-3H3,(H,16,17)/b12-7+. The summed E-state index contributed by atoms with van der Waals surface area (Å²) in [5, 5.41) is 17.6. The van der Waals surface area contributed by atoms with Crippen LogP contribution in [0.5, 0.6) is 0 Å². The first-order chi connectivity index (χ1) is 8.51. The van der Waals surface area contributed by atoms with Gasteiger partial charge in [0.15, 0.2) is 0 Å². The number of methoxy groups -OCH3 is 1. The van der Waals surface area contributed by atoms with Crippen molar-refractivity contribution in [1.29, 1.82) is 5.26 Å². The molecule has 0 spiro atoms. The van der Waals surface area contributed by atoms with E-state index in [4.69, 9.17) is 15.1 Å². The van der Waals surface area contributed by atoms with Crippen LogP contribution in [0.3, 0.4) is 0 Å². The van der Waals surface area contributed by atoms with Crippen molar-refractivity contribution in [3.63, 3.8) is 0 Å². The molecule has 18 heavy (non-hydrogen) atoms. The van der Waals surface area contributed by atoms with Crippen molar-refractivity contribution >= 4 is 12.0 Å². The van der Waals surface area contributed by atoms with Crippen LogP contribution in [-0.2, 0) is 16.1 Å². The van der Waals surface area contributed by atoms with E-state index >= 15 is 0 Å². The molecule has 1 aromatic rings. The minimum absolute atomic E-state index is 0.262. The number of aliphatic carboxylic acids is 1. The first kappa shape index (κ1) is 14.0. The molecule has 0 aliphatic carbocycles. The van der Waals surface area contributed by atoms with Crippen LogP contribution in [0.2, 0.25) is 0 Å². The van der Waals surface area contributed by atoms with Gasteiger partial charge in [-0.1, -0.05) is 0 Å². The quantitative estimate of drug-likeness (QED) is 0.636. The SMILES string of the molecule is COCCn1c(C)cc(/C=C(\C#N)C(=O)O)c1C. The molecule has 0 saturated heterocycles. The smallest absolute Gasteiger partial charge is 0.346 e. The maximum atomic E-state index is 10.8. The van der Waals surface area contributed by atoms with Crippen LogP contribution in [0.25, 0.3) is 6.08 Å². The summed E-state index contributed by atoms with van der Waals surface area (Å²) < 4.78 is 7.06. The minimum atomic E-state index is -1.21. The van der Waals surface area contributed by atoms with Gasteiger partial charge in [0, 0.05) is 25.0 Å². The Hall–Kier alpha value is -2.06. The lowest BCUT2D eigenvalue weighted by Crippen LogP contribution is -2.07. The molecule has 0 radical (unpaired) electrons. The second-order valence-corrected chi connectivity index (χ2v) is 3.95. The second kappa shape index (κ2) is 6.03. The lowest BCUT2D eigenvalue weighted by atomic mass is 10.1. The zero-order chi connectivity index (χ0) is 13.7. The minimum Gasteiger partial charge on any atom is -0.477 e. The lowest BCUT2D eigenvalue weighted by molar-refractivity contribution is -0.132. The van der Waals surface area contributed by atoms with Gasteiger partial charge in [-0.05, 0) is 31.6 Å². The first-order valence-electron chi connectivity index (χ1n) is 5.52. The highest BCUT2D eigenvalue weighted by molar-refractivity contribution is 5.96. The van der Waals surface area contributed by atoms with Gasteiger partial charge in [0.1, 0.15) is 11.6 Å². The Morgan fingerprint density at radius 1 is 1.61 bits per heavy atom. The molecular weight excluding hydrogens is 232 g/mol. The van der Waals surface area contributed by atoms with Gasteiger partial charge in [-0.2, -0.15) is 5.26 Å². The largest absolute Gasteiger partial charge is 0.477 e. The van der Waals surface area contributed by atoms with Crippen molar-refractivity contribution in [2.45, 2.75) is 20.4 Å². The van der Waals surface area contributed by atoms with E-state index in [1.54, 1.807) is 13.2 Å². The number of carboxylic acid groups (broad SMARTS) is 1. The van der Waals surface area contributed by atoms with Crippen LogP contribution in [0.4, 0.5) is 0 Å². The molecule has 1 N–H and O–H groups in total. The second-order valence-electron chi connectivity index (χ2n) is 3.95. The summed E-state index contributed by atoms with van der Waals surface area (Å²) in [6.07, 6.45) is 1.40. The number of ether oxygens (including phenoxy) is 1. The van der Waals surface area contributed by atoms with Gasteiger partial charge in [0.2, 0.25) is 0 Å². The fraction of sp³-hybridized carbons (Fsp3) is 0.385. The molecule has 0 atom stereocenters. The lowest BCUT2D eigenvalue weighted by Gasteiger charge is -2.08. The highest BCUT2D eigenvalue weighted by atomic mass is 16.5. The van der Waals surface area contributed by atoms with Crippen molar-refractivity contribution in [3.05, 3.63) is 28.6 Å². The Morgan fingerprint density at radius 2 is 2.28 bits per heavy atom. The van der Waals surface area contributed by atoms with E-state index < -0.39 is 5.97 Å². The van der Waals surface area contributed by atoms with E-state index in [1.165, 1.54) is 6.08 Å². The van der Waals surface area contributed by atoms with Crippen LogP contribution >= 0.6 is 0 Å². The number of nitrogens with zero attached hydrogens (tertiary/aromatic N) is 2. The summed E-state index contributed by atoms with van der Waals surface area (Å²) in [5.41, 5.74) is 2.43. The topological polar surface area (TPSA) is 75.2 Å². The predicted molar refractivity (Wildman–Crippen MR) is 67.0 cm³/mol. The third-order valence-electron chi connectivity index (χ3n) is 2.78. The molecule has 1 aromatic heterocycles. The van der Waals surface area contributed by atoms with Crippen LogP contribution in [0.15, 0.2) is 11.6 Å². The number of hydrogen-bond donors (Lipinski definition) is 1. The molecule has 0 unspecified atom stereocenters. The Bertz CT molecular complexity index is 521. The number of nitriles is 1. The van der Waals surface area contributed by atoms with Crippen molar-refractivity contribution in [2.24, 2.45) is 0 Å². The predicted octanol–water partition coefficient (Wildman–Crippen LogP) is 1.74. The summed E-state index contributed by atoms with van der Waals surface area (Å²) in [6, 6.07) is 3.54. The maximum absolute atomic E-state index is 10.8. The number of aromatic nitrogens is 1. The number of carbonyl (C=O) groups is 1. The molecule has 96 valence electrons. The van der Waals surface area contributed by atoms with Crippen LogP contribution in [0.1, 0.15) is 17.0 Å². The van der Waals surface area contributed by atoms with Gasteiger partial charge >= 0.3 is 5.97 Å². The van der Waals surface area contributed by atoms with Crippen LogP contribution in [-0.4, -0.2) is 29.4 Å². The first-order valence-corrected chi connectivity index (χ1v) is 5.52. The van der Waals surface area contributed by atoms with Crippen LogP contribution < -0.4 is 0 Å². The number of carboxylic acids is 1. The third kappa shape index (κ3) is 2.99. The van der Waals surface area contributed by atoms with Gasteiger partial charge < -0.3 is 14.4 Å². The Kier molecular flexibility index (Phi) is 4.69. The van der Waals surface area contributed by atoms with Gasteiger partial charge in [-0.3, -0.25) is 0 Å². The summed E-state index contributed by atoms with van der Waals surface area (Å²) in [5.74, 6) is -1.21. The Labute approximate surface area is 106 Å². The third-order valence-corrected chi connectivity index (χ3v) is 2.78. The fourth-order valence-corrected chi connectivity index (χ4v) is 1.80. The van der Waals surface area contributed by atoms with Crippen molar-refractivity contribution in [2.75, 3.05) is 13.7 Å². The zero-order valence-corrected chi connectivity index (χ0v) is 10.7. The molecule has 0 aliphatic heterocycles. The molecule has 0 aromatic carbocycles. The molecule has 1 heterocycles. The summed E-state index contributed by atoms with van der Waals surface area (Å²) in [7, 11) is 1.63. The summed E-state index contributed by atoms with van der Waals surface area (Å²) in [4.78, 5) is 10.8. The molecule has 1 rings (SSSR count). The molecule has 5 nitrogen and oxygen atoms in total. The van der Waals surface area contributed by atoms with Crippen molar-refractivity contribution in [1.82, 2.24) is 4.57 Å². The van der Waals surface area contributed by atoms with Gasteiger partial charge in [-0.25, -0.2) is 4.79 Å². The van der Waals surface area contributed by atoms with Crippen molar-refractivity contribution < 1.29 is 14.6 Å². The van der Waals surface area contributed by atoms with E-state index in [9.17, 15) is 4.79 Å². The Balaban J connectivity index is 3.13. The van der Waals surface area contributed by atoms with E-state index in [2.05, 4.69) is 0 Å². The molecule has 5 heteroatoms. The molecule has 0 aliphatic rings. The average Bonchev–Trinajstić information content (AvgIpc) is 2.59. The fourth-order valence-electron chi connectivity index (χ4n) is 1.80. The van der Waals surface area contributed by atoms with Crippen LogP contribution in [0, 0.1) is 25.2 Å². The summed E-state index contributed by atoms with van der Waals surface area (Å²) in [6.45, 7) is 5.12. The normalized spacial score (nSPS) is 11.3. The number of hydrogen-bond acceptors (Lipinski definition) is 3. The average molecular weight is 248 g/mol. The monoisotopic (exact) mass is 248 g/mol. The Morgan fingerprint density at radius 3 is 2.78 bits per heavy atom. The van der Waals surface area contributed by atoms with Gasteiger partial charge in [0.05, 0.1) is 6.61 Å². The number of rotatable bonds is 5. The van der Waals surface area contributed by atoms with Crippen molar-refractivity contribution in [3.8, 4) is 6.07 Å². The molecule has 0 saturated carbocycles. The molecule has 0 amide bonds. The molecular formula is C13H16N2O3. The molecule has 0 bridgehead atoms.